The number of urea groups is 1. The summed E-state index contributed by atoms with van der Waals surface area (Å²) >= 11 is 0. The number of aliphatic hydroxyl groups is 1. The summed E-state index contributed by atoms with van der Waals surface area (Å²) in [6.45, 7) is 4.07. The second-order valence-corrected chi connectivity index (χ2v) is 10.3. The zero-order chi connectivity index (χ0) is 26.6. The fraction of sp³-hybridized carbons (Fsp3) is 0.556. The van der Waals surface area contributed by atoms with Gasteiger partial charge < -0.3 is 25.1 Å². The van der Waals surface area contributed by atoms with Crippen LogP contribution in [0.1, 0.15) is 62.5 Å². The second-order valence-electron chi connectivity index (χ2n) is 10.3. The number of nitrogens with zero attached hydrogens (tertiary/aromatic N) is 5. The van der Waals surface area contributed by atoms with E-state index in [4.69, 9.17) is 4.84 Å². The molecule has 1 aromatic heterocycles. The largest absolute Gasteiger partial charge is 0.392 e. The number of hydrogen-bond acceptors (Lipinski definition) is 7. The molecule has 2 saturated heterocycles. The maximum absolute atomic E-state index is 14.9. The number of oxime groups is 1. The highest BCUT2D eigenvalue weighted by molar-refractivity contribution is 5.90. The van der Waals surface area contributed by atoms with E-state index in [2.05, 4.69) is 32.3 Å². The average molecular weight is 529 g/mol. The van der Waals surface area contributed by atoms with Crippen molar-refractivity contribution in [1.82, 2.24) is 14.9 Å². The quantitative estimate of drug-likeness (QED) is 0.544. The Morgan fingerprint density at radius 2 is 1.79 bits per heavy atom. The molecule has 1 aliphatic carbocycles. The Kier molecular flexibility index (Phi) is 8.01. The number of hydrogen-bond donors (Lipinski definition) is 2. The van der Waals surface area contributed by atoms with E-state index in [9.17, 15) is 18.7 Å². The van der Waals surface area contributed by atoms with E-state index < -0.39 is 23.8 Å². The summed E-state index contributed by atoms with van der Waals surface area (Å²) in [5.41, 5.74) is 2.19. The summed E-state index contributed by atoms with van der Waals surface area (Å²) in [4.78, 5) is 30.4. The van der Waals surface area contributed by atoms with Crippen molar-refractivity contribution in [2.45, 2.75) is 70.0 Å². The Labute approximate surface area is 220 Å². The molecule has 3 heterocycles. The number of amides is 2. The molecule has 38 heavy (non-hydrogen) atoms. The lowest BCUT2D eigenvalue weighted by molar-refractivity contribution is 0.0308. The van der Waals surface area contributed by atoms with Crippen LogP contribution in [0.4, 0.5) is 25.2 Å². The minimum absolute atomic E-state index is 0.0419. The van der Waals surface area contributed by atoms with Crippen molar-refractivity contribution >= 4 is 23.4 Å². The summed E-state index contributed by atoms with van der Waals surface area (Å²) in [6.07, 6.45) is 8.46. The van der Waals surface area contributed by atoms with Crippen LogP contribution in [0.15, 0.2) is 29.7 Å². The Morgan fingerprint density at radius 3 is 2.42 bits per heavy atom. The number of halogens is 2. The smallest absolute Gasteiger partial charge is 0.322 e. The molecule has 2 aliphatic heterocycles. The monoisotopic (exact) mass is 528 g/mol. The number of β-amino-alcohol motifs (C(OH)–C–C–N with tert-alkyl or cyclic N) is 1. The van der Waals surface area contributed by atoms with Crippen LogP contribution in [-0.2, 0) is 11.3 Å². The lowest BCUT2D eigenvalue weighted by Gasteiger charge is -2.35. The van der Waals surface area contributed by atoms with E-state index in [1.165, 1.54) is 11.0 Å². The highest BCUT2D eigenvalue weighted by atomic mass is 19.2. The first kappa shape index (κ1) is 26.3. The molecule has 5 rings (SSSR count). The third-order valence-electron chi connectivity index (χ3n) is 7.66. The molecule has 2 aromatic rings. The van der Waals surface area contributed by atoms with E-state index in [0.717, 1.165) is 49.6 Å². The number of aryl methyl sites for hydroxylation is 1. The molecule has 9 nitrogen and oxygen atoms in total. The highest BCUT2D eigenvalue weighted by Crippen LogP contribution is 2.35. The number of piperidine rings is 1. The second kappa shape index (κ2) is 11.6. The average Bonchev–Trinajstić information content (AvgIpc) is 2.93. The van der Waals surface area contributed by atoms with Crippen molar-refractivity contribution < 1.29 is 23.5 Å². The molecular formula is C27H34F2N6O3. The molecular weight excluding hydrogens is 494 g/mol. The maximum atomic E-state index is 14.9. The van der Waals surface area contributed by atoms with Gasteiger partial charge in [0, 0.05) is 38.3 Å². The first-order valence-corrected chi connectivity index (χ1v) is 13.4. The number of aliphatic hydroxyl groups excluding tert-OH is 1. The molecule has 3 fully saturated rings. The van der Waals surface area contributed by atoms with E-state index in [0.29, 0.717) is 31.2 Å². The van der Waals surface area contributed by atoms with Crippen LogP contribution in [0.2, 0.25) is 0 Å². The van der Waals surface area contributed by atoms with Gasteiger partial charge in [-0.1, -0.05) is 18.1 Å². The predicted molar refractivity (Wildman–Crippen MR) is 139 cm³/mol. The van der Waals surface area contributed by atoms with Gasteiger partial charge in [-0.15, -0.1) is 0 Å². The van der Waals surface area contributed by atoms with Crippen LogP contribution in [0.3, 0.4) is 0 Å². The number of carbonyl (C=O) groups excluding carboxylic acids is 1. The third-order valence-corrected chi connectivity index (χ3v) is 7.66. The lowest BCUT2D eigenvalue weighted by Crippen LogP contribution is -2.54. The van der Waals surface area contributed by atoms with Gasteiger partial charge in [0.25, 0.3) is 0 Å². The lowest BCUT2D eigenvalue weighted by atomic mass is 9.83. The van der Waals surface area contributed by atoms with Crippen molar-refractivity contribution in [2.24, 2.45) is 5.16 Å². The maximum Gasteiger partial charge on any atom is 0.322 e. The number of anilines is 2. The first-order chi connectivity index (χ1) is 18.4. The molecule has 0 radical (unpaired) electrons. The van der Waals surface area contributed by atoms with Crippen LogP contribution < -0.4 is 10.2 Å². The molecule has 2 amide bonds. The molecule has 2 N–H and O–H groups in total. The fourth-order valence-corrected chi connectivity index (χ4v) is 5.15. The summed E-state index contributed by atoms with van der Waals surface area (Å²) in [6, 6.07) is 2.41. The highest BCUT2D eigenvalue weighted by Gasteiger charge is 2.30. The van der Waals surface area contributed by atoms with Crippen molar-refractivity contribution in [3.05, 3.63) is 47.3 Å². The standard InChI is InChI=1S/C27H34F2N6O3/c1-2-17-13-30-26(31-14-17)34-11-9-21(10-12-34)38-33-19-5-3-18(4-6-19)22-7-8-23(25(29)24(22)28)32-27(37)35-15-20(36)16-35/h7-8,13-14,18,20-21,36H,2-6,9-12,15-16H2,1H3,(H,32,37). The molecule has 204 valence electrons. The Bertz CT molecular complexity index is 1150. The molecule has 3 aliphatic rings. The number of likely N-dealkylation sites (tertiary alicyclic amines) is 1. The Morgan fingerprint density at radius 1 is 1.11 bits per heavy atom. The van der Waals surface area contributed by atoms with Crippen molar-refractivity contribution in [2.75, 3.05) is 36.4 Å². The minimum atomic E-state index is -1.06. The third kappa shape index (κ3) is 5.87. The number of benzene rings is 1. The van der Waals surface area contributed by atoms with E-state index in [-0.39, 0.29) is 30.8 Å². The van der Waals surface area contributed by atoms with Gasteiger partial charge in [0.15, 0.2) is 11.6 Å². The van der Waals surface area contributed by atoms with Gasteiger partial charge in [-0.3, -0.25) is 0 Å². The van der Waals surface area contributed by atoms with Gasteiger partial charge in [0.2, 0.25) is 5.95 Å². The van der Waals surface area contributed by atoms with Gasteiger partial charge >= 0.3 is 6.03 Å². The fourth-order valence-electron chi connectivity index (χ4n) is 5.15. The van der Waals surface area contributed by atoms with Gasteiger partial charge in [-0.2, -0.15) is 0 Å². The van der Waals surface area contributed by atoms with E-state index in [1.54, 1.807) is 6.07 Å². The normalized spacial score (nSPS) is 20.7. The van der Waals surface area contributed by atoms with Crippen LogP contribution in [-0.4, -0.2) is 70.1 Å². The molecule has 0 atom stereocenters. The zero-order valence-electron chi connectivity index (χ0n) is 21.6. The van der Waals surface area contributed by atoms with Gasteiger partial charge in [0.1, 0.15) is 6.10 Å². The van der Waals surface area contributed by atoms with E-state index >= 15 is 0 Å². The molecule has 0 bridgehead atoms. The van der Waals surface area contributed by atoms with Crippen LogP contribution in [0, 0.1) is 11.6 Å². The van der Waals surface area contributed by atoms with Gasteiger partial charge in [-0.05, 0) is 55.2 Å². The predicted octanol–water partition coefficient (Wildman–Crippen LogP) is 4.22. The molecule has 0 unspecified atom stereocenters. The Hall–Kier alpha value is -3.34. The van der Waals surface area contributed by atoms with E-state index in [1.807, 2.05) is 12.4 Å². The van der Waals surface area contributed by atoms with Crippen LogP contribution in [0.25, 0.3) is 0 Å². The molecule has 1 saturated carbocycles. The topological polar surface area (TPSA) is 103 Å². The summed E-state index contributed by atoms with van der Waals surface area (Å²) in [7, 11) is 0. The van der Waals surface area contributed by atoms with Gasteiger partial charge in [-0.25, -0.2) is 23.5 Å². The summed E-state index contributed by atoms with van der Waals surface area (Å²) in [5, 5.41) is 16.1. The number of rotatable bonds is 6. The molecule has 1 aromatic carbocycles. The van der Waals surface area contributed by atoms with Crippen molar-refractivity contribution in [3.8, 4) is 0 Å². The van der Waals surface area contributed by atoms with Crippen LogP contribution in [0.5, 0.6) is 0 Å². The van der Waals surface area contributed by atoms with Crippen LogP contribution >= 0.6 is 0 Å². The summed E-state index contributed by atoms with van der Waals surface area (Å²) in [5.74, 6) is -1.35. The summed E-state index contributed by atoms with van der Waals surface area (Å²) < 4.78 is 29.6. The number of aromatic nitrogens is 2. The van der Waals surface area contributed by atoms with Gasteiger partial charge in [0.05, 0.1) is 30.6 Å². The SMILES string of the molecule is CCc1cnc(N2CCC(ON=C3CCC(c4ccc(NC(=O)N5CC(O)C5)c(F)c4F)CC3)CC2)nc1. The van der Waals surface area contributed by atoms with Crippen molar-refractivity contribution in [1.29, 1.82) is 0 Å². The number of carbonyl (C=O) groups is 1. The zero-order valence-corrected chi connectivity index (χ0v) is 21.6. The molecule has 0 spiro atoms. The Balaban J connectivity index is 1.09. The number of nitrogens with one attached hydrogen (secondary N) is 1. The first-order valence-electron chi connectivity index (χ1n) is 13.4. The van der Waals surface area contributed by atoms with Crippen molar-refractivity contribution in [3.63, 3.8) is 0 Å². The minimum Gasteiger partial charge on any atom is -0.392 e. The molecule has 11 heteroatoms.